The van der Waals surface area contributed by atoms with E-state index in [-0.39, 0.29) is 24.1 Å². The highest BCUT2D eigenvalue weighted by Crippen LogP contribution is 2.36. The van der Waals surface area contributed by atoms with Crippen molar-refractivity contribution >= 4 is 5.91 Å². The van der Waals surface area contributed by atoms with Gasteiger partial charge in [0.1, 0.15) is 5.92 Å². The summed E-state index contributed by atoms with van der Waals surface area (Å²) >= 11 is 0. The number of carbonyl (C=O) groups is 1. The molecule has 2 heterocycles. The van der Waals surface area contributed by atoms with Gasteiger partial charge in [-0.05, 0) is 32.1 Å². The lowest BCUT2D eigenvalue weighted by Gasteiger charge is -2.38. The van der Waals surface area contributed by atoms with Gasteiger partial charge in [-0.2, -0.15) is 5.26 Å². The summed E-state index contributed by atoms with van der Waals surface area (Å²) in [4.78, 5) is 14.0. The van der Waals surface area contributed by atoms with Crippen molar-refractivity contribution in [1.82, 2.24) is 4.90 Å². The molecule has 0 aromatic heterocycles. The van der Waals surface area contributed by atoms with E-state index in [2.05, 4.69) is 6.07 Å². The third-order valence-corrected chi connectivity index (χ3v) is 3.82. The van der Waals surface area contributed by atoms with Gasteiger partial charge in [0, 0.05) is 12.1 Å². The topological polar surface area (TPSA) is 64.3 Å². The fourth-order valence-corrected chi connectivity index (χ4v) is 3.01. The normalized spacial score (nSPS) is 34.6. The Bertz CT molecular complexity index is 309. The van der Waals surface area contributed by atoms with Gasteiger partial charge in [0.15, 0.2) is 0 Å². The lowest BCUT2D eigenvalue weighted by molar-refractivity contribution is -0.140. The monoisotopic (exact) mass is 222 g/mol. The van der Waals surface area contributed by atoms with E-state index < -0.39 is 5.92 Å². The minimum Gasteiger partial charge on any atom is -0.393 e. The largest absolute Gasteiger partial charge is 0.393 e. The zero-order valence-corrected chi connectivity index (χ0v) is 9.59. The average molecular weight is 222 g/mol. The van der Waals surface area contributed by atoms with Crippen molar-refractivity contribution < 1.29 is 9.90 Å². The molecule has 0 saturated carbocycles. The molecular formula is C12H18N2O2. The zero-order chi connectivity index (χ0) is 11.7. The second-order valence-corrected chi connectivity index (χ2v) is 4.85. The molecule has 0 aliphatic carbocycles. The van der Waals surface area contributed by atoms with Crippen LogP contribution in [0.5, 0.6) is 0 Å². The molecule has 2 saturated heterocycles. The molecule has 2 aliphatic rings. The number of hydrogen-bond acceptors (Lipinski definition) is 3. The molecule has 88 valence electrons. The minimum absolute atomic E-state index is 0.0237. The Morgan fingerprint density at radius 2 is 2.06 bits per heavy atom. The fraction of sp³-hybridized carbons (Fsp3) is 0.833. The number of piperidine rings is 1. The highest BCUT2D eigenvalue weighted by atomic mass is 16.3. The quantitative estimate of drug-likeness (QED) is 0.759. The van der Waals surface area contributed by atoms with Crippen LogP contribution in [-0.2, 0) is 4.79 Å². The third-order valence-electron chi connectivity index (χ3n) is 3.82. The van der Waals surface area contributed by atoms with Gasteiger partial charge < -0.3 is 10.0 Å². The average Bonchev–Trinajstić information content (AvgIpc) is 2.53. The fourth-order valence-electron chi connectivity index (χ4n) is 3.01. The molecule has 2 rings (SSSR count). The molecule has 2 fully saturated rings. The summed E-state index contributed by atoms with van der Waals surface area (Å²) in [7, 11) is 0. The van der Waals surface area contributed by atoms with Gasteiger partial charge in [0.2, 0.25) is 5.91 Å². The molecule has 0 aromatic rings. The zero-order valence-electron chi connectivity index (χ0n) is 9.59. The van der Waals surface area contributed by atoms with Gasteiger partial charge in [-0.25, -0.2) is 0 Å². The highest BCUT2D eigenvalue weighted by molar-refractivity contribution is 5.82. The second-order valence-electron chi connectivity index (χ2n) is 4.85. The molecule has 16 heavy (non-hydrogen) atoms. The van der Waals surface area contributed by atoms with Gasteiger partial charge in [0.05, 0.1) is 12.2 Å². The van der Waals surface area contributed by atoms with E-state index in [0.29, 0.717) is 19.3 Å². The first-order valence-corrected chi connectivity index (χ1v) is 6.07. The molecule has 4 heteroatoms. The molecule has 1 amide bonds. The number of hydrogen-bond donors (Lipinski definition) is 1. The number of rotatable bonds is 2. The number of carbonyl (C=O) groups excluding carboxylic acids is 1. The smallest absolute Gasteiger partial charge is 0.240 e. The first-order valence-electron chi connectivity index (χ1n) is 6.07. The molecule has 0 spiro atoms. The number of aliphatic hydroxyl groups excluding tert-OH is 1. The number of fused-ring (bicyclic) bond motifs is 2. The lowest BCUT2D eigenvalue weighted by atomic mass is 9.97. The van der Waals surface area contributed by atoms with E-state index in [1.807, 2.05) is 11.8 Å². The molecule has 3 unspecified atom stereocenters. The molecule has 0 radical (unpaired) electrons. The Labute approximate surface area is 95.9 Å². The summed E-state index contributed by atoms with van der Waals surface area (Å²) in [6.45, 7) is 1.87. The van der Waals surface area contributed by atoms with Gasteiger partial charge in [-0.15, -0.1) is 0 Å². The summed E-state index contributed by atoms with van der Waals surface area (Å²) in [6.07, 6.45) is 3.65. The maximum absolute atomic E-state index is 12.1. The van der Waals surface area contributed by atoms with E-state index in [0.717, 1.165) is 12.8 Å². The summed E-state index contributed by atoms with van der Waals surface area (Å²) < 4.78 is 0. The second kappa shape index (κ2) is 4.42. The van der Waals surface area contributed by atoms with Crippen LogP contribution in [0.15, 0.2) is 0 Å². The Hall–Kier alpha value is -1.08. The number of amides is 1. The maximum Gasteiger partial charge on any atom is 0.240 e. The van der Waals surface area contributed by atoms with E-state index >= 15 is 0 Å². The van der Waals surface area contributed by atoms with Crippen LogP contribution in [0.3, 0.4) is 0 Å². The van der Waals surface area contributed by atoms with Crippen LogP contribution in [0.2, 0.25) is 0 Å². The number of aliphatic hydroxyl groups is 1. The molecule has 2 aliphatic heterocycles. The standard InChI is InChI=1S/C12H18N2O2/c1-2-8(7-13)12(16)14-9-3-4-10(14)6-11(15)5-9/h8-11,15H,2-6H2,1H3. The van der Waals surface area contributed by atoms with Crippen LogP contribution in [0.4, 0.5) is 0 Å². The van der Waals surface area contributed by atoms with Gasteiger partial charge in [-0.3, -0.25) is 4.79 Å². The van der Waals surface area contributed by atoms with Crippen molar-refractivity contribution in [3.8, 4) is 6.07 Å². The third kappa shape index (κ3) is 1.80. The summed E-state index contributed by atoms with van der Waals surface area (Å²) in [5.74, 6) is -0.525. The highest BCUT2D eigenvalue weighted by Gasteiger charge is 2.44. The van der Waals surface area contributed by atoms with Crippen LogP contribution >= 0.6 is 0 Å². The molecule has 3 atom stereocenters. The van der Waals surface area contributed by atoms with Crippen molar-refractivity contribution in [2.75, 3.05) is 0 Å². The Balaban J connectivity index is 2.11. The van der Waals surface area contributed by atoms with Crippen molar-refractivity contribution in [3.05, 3.63) is 0 Å². The summed E-state index contributed by atoms with van der Waals surface area (Å²) in [5, 5.41) is 18.6. The Morgan fingerprint density at radius 1 is 1.50 bits per heavy atom. The van der Waals surface area contributed by atoms with Crippen LogP contribution < -0.4 is 0 Å². The summed E-state index contributed by atoms with van der Waals surface area (Å²) in [6, 6.07) is 2.42. The van der Waals surface area contributed by atoms with Crippen molar-refractivity contribution in [2.45, 2.75) is 57.2 Å². The van der Waals surface area contributed by atoms with E-state index in [1.165, 1.54) is 0 Å². The predicted molar refractivity (Wildman–Crippen MR) is 58.3 cm³/mol. The molecule has 1 N–H and O–H groups in total. The minimum atomic E-state index is -0.502. The van der Waals surface area contributed by atoms with Crippen LogP contribution in [0, 0.1) is 17.2 Å². The molecular weight excluding hydrogens is 204 g/mol. The van der Waals surface area contributed by atoms with E-state index in [9.17, 15) is 9.90 Å². The van der Waals surface area contributed by atoms with Crippen LogP contribution in [-0.4, -0.2) is 34.1 Å². The van der Waals surface area contributed by atoms with Crippen molar-refractivity contribution in [1.29, 1.82) is 5.26 Å². The Kier molecular flexibility index (Phi) is 3.15. The van der Waals surface area contributed by atoms with Crippen molar-refractivity contribution in [3.63, 3.8) is 0 Å². The first-order chi connectivity index (χ1) is 7.67. The molecule has 0 aromatic carbocycles. The number of nitriles is 1. The van der Waals surface area contributed by atoms with E-state index in [4.69, 9.17) is 5.26 Å². The van der Waals surface area contributed by atoms with Crippen molar-refractivity contribution in [2.24, 2.45) is 5.92 Å². The van der Waals surface area contributed by atoms with E-state index in [1.54, 1.807) is 0 Å². The SMILES string of the molecule is CCC(C#N)C(=O)N1C2CCC1CC(O)C2. The predicted octanol–water partition coefficient (Wildman–Crippen LogP) is 1.05. The summed E-state index contributed by atoms with van der Waals surface area (Å²) in [5.41, 5.74) is 0. The molecule has 2 bridgehead atoms. The van der Waals surface area contributed by atoms with Gasteiger partial charge in [0.25, 0.3) is 0 Å². The van der Waals surface area contributed by atoms with Crippen LogP contribution in [0.1, 0.15) is 39.0 Å². The number of nitrogens with zero attached hydrogens (tertiary/aromatic N) is 2. The lowest BCUT2D eigenvalue weighted by Crippen LogP contribution is -2.49. The van der Waals surface area contributed by atoms with Crippen LogP contribution in [0.25, 0.3) is 0 Å². The Morgan fingerprint density at radius 3 is 2.50 bits per heavy atom. The molecule has 4 nitrogen and oxygen atoms in total. The first kappa shape index (κ1) is 11.4. The maximum atomic E-state index is 12.1. The van der Waals surface area contributed by atoms with Gasteiger partial charge >= 0.3 is 0 Å². The van der Waals surface area contributed by atoms with Gasteiger partial charge in [-0.1, -0.05) is 6.92 Å².